The summed E-state index contributed by atoms with van der Waals surface area (Å²) < 4.78 is 43.9. The van der Waals surface area contributed by atoms with Gasteiger partial charge in [-0.25, -0.2) is 4.39 Å². The fourth-order valence-electron chi connectivity index (χ4n) is 1.50. The number of hydrogen-bond acceptors (Lipinski definition) is 2. The second-order valence-corrected chi connectivity index (χ2v) is 4.93. The van der Waals surface area contributed by atoms with Gasteiger partial charge in [0.15, 0.2) is 0 Å². The van der Waals surface area contributed by atoms with Gasteiger partial charge in [0.1, 0.15) is 5.82 Å². The molecular formula is C12H9FO3S. The maximum Gasteiger partial charge on any atom is 0.294 e. The van der Waals surface area contributed by atoms with E-state index in [1.165, 1.54) is 36.4 Å². The summed E-state index contributed by atoms with van der Waals surface area (Å²) in [5.41, 5.74) is 1.08. The molecule has 0 aliphatic carbocycles. The summed E-state index contributed by atoms with van der Waals surface area (Å²) in [6.45, 7) is 0. The molecular weight excluding hydrogens is 243 g/mol. The topological polar surface area (TPSA) is 54.4 Å². The zero-order chi connectivity index (χ0) is 12.5. The summed E-state index contributed by atoms with van der Waals surface area (Å²) in [6, 6.07) is 11.5. The highest BCUT2D eigenvalue weighted by Crippen LogP contribution is 2.22. The van der Waals surface area contributed by atoms with Crippen molar-refractivity contribution < 1.29 is 17.4 Å². The summed E-state index contributed by atoms with van der Waals surface area (Å²) in [6.07, 6.45) is 0. The maximum absolute atomic E-state index is 13.0. The van der Waals surface area contributed by atoms with E-state index in [1.807, 2.05) is 0 Å². The van der Waals surface area contributed by atoms with Crippen LogP contribution in [0.15, 0.2) is 53.4 Å². The Hall–Kier alpha value is -1.72. The van der Waals surface area contributed by atoms with Gasteiger partial charge in [-0.3, -0.25) is 4.55 Å². The summed E-state index contributed by atoms with van der Waals surface area (Å²) in [5, 5.41) is 0. The minimum Gasteiger partial charge on any atom is -0.282 e. The molecule has 0 atom stereocenters. The average Bonchev–Trinajstić information content (AvgIpc) is 2.28. The van der Waals surface area contributed by atoms with Crippen molar-refractivity contribution in [3.8, 4) is 11.1 Å². The maximum atomic E-state index is 13.0. The molecule has 2 aromatic carbocycles. The summed E-state index contributed by atoms with van der Waals surface area (Å²) >= 11 is 0. The van der Waals surface area contributed by atoms with Crippen molar-refractivity contribution >= 4 is 10.1 Å². The molecule has 2 rings (SSSR count). The minimum absolute atomic E-state index is 0.209. The van der Waals surface area contributed by atoms with Crippen molar-refractivity contribution in [2.45, 2.75) is 4.90 Å². The second-order valence-electron chi connectivity index (χ2n) is 3.51. The Bertz CT molecular complexity index is 650. The Morgan fingerprint density at radius 1 is 0.941 bits per heavy atom. The fourth-order valence-corrected chi connectivity index (χ4v) is 2.03. The van der Waals surface area contributed by atoms with Crippen LogP contribution in [0.4, 0.5) is 4.39 Å². The second kappa shape index (κ2) is 4.27. The third kappa shape index (κ3) is 2.69. The van der Waals surface area contributed by atoms with Crippen molar-refractivity contribution in [3.63, 3.8) is 0 Å². The zero-order valence-corrected chi connectivity index (χ0v) is 9.49. The standard InChI is InChI=1S/C12H9FO3S/c13-11-5-1-3-9(7-11)10-4-2-6-12(8-10)17(14,15)16/h1-8H,(H,14,15,16). The van der Waals surface area contributed by atoms with Gasteiger partial charge in [-0.05, 0) is 35.4 Å². The van der Waals surface area contributed by atoms with Crippen molar-refractivity contribution in [1.29, 1.82) is 0 Å². The first-order chi connectivity index (χ1) is 7.97. The van der Waals surface area contributed by atoms with E-state index in [2.05, 4.69) is 0 Å². The molecule has 1 N–H and O–H groups in total. The summed E-state index contributed by atoms with van der Waals surface area (Å²) in [4.78, 5) is -0.209. The average molecular weight is 252 g/mol. The molecule has 2 aromatic rings. The van der Waals surface area contributed by atoms with Gasteiger partial charge in [-0.15, -0.1) is 0 Å². The summed E-state index contributed by atoms with van der Waals surface area (Å²) in [5.74, 6) is -0.403. The van der Waals surface area contributed by atoms with E-state index in [4.69, 9.17) is 4.55 Å². The monoisotopic (exact) mass is 252 g/mol. The molecule has 5 heteroatoms. The Balaban J connectivity index is 2.54. The largest absolute Gasteiger partial charge is 0.294 e. The van der Waals surface area contributed by atoms with Gasteiger partial charge in [0, 0.05) is 0 Å². The minimum atomic E-state index is -4.24. The highest BCUT2D eigenvalue weighted by molar-refractivity contribution is 7.85. The van der Waals surface area contributed by atoms with Crippen LogP contribution in [-0.2, 0) is 10.1 Å². The van der Waals surface area contributed by atoms with E-state index in [9.17, 15) is 12.8 Å². The van der Waals surface area contributed by atoms with Crippen LogP contribution in [0.5, 0.6) is 0 Å². The molecule has 3 nitrogen and oxygen atoms in total. The third-order valence-electron chi connectivity index (χ3n) is 2.29. The molecule has 0 aliphatic heterocycles. The van der Waals surface area contributed by atoms with Crippen molar-refractivity contribution in [3.05, 3.63) is 54.3 Å². The smallest absolute Gasteiger partial charge is 0.282 e. The van der Waals surface area contributed by atoms with E-state index in [0.717, 1.165) is 0 Å². The molecule has 0 saturated carbocycles. The van der Waals surface area contributed by atoms with Crippen LogP contribution in [0.25, 0.3) is 11.1 Å². The lowest BCUT2D eigenvalue weighted by Crippen LogP contribution is -1.97. The molecule has 0 spiro atoms. The fraction of sp³-hybridized carbons (Fsp3) is 0. The number of benzene rings is 2. The van der Waals surface area contributed by atoms with Gasteiger partial charge in [0.2, 0.25) is 0 Å². The number of halogens is 1. The van der Waals surface area contributed by atoms with Gasteiger partial charge < -0.3 is 0 Å². The molecule has 0 aromatic heterocycles. The van der Waals surface area contributed by atoms with Crippen LogP contribution < -0.4 is 0 Å². The molecule has 0 unspecified atom stereocenters. The summed E-state index contributed by atoms with van der Waals surface area (Å²) in [7, 11) is -4.24. The van der Waals surface area contributed by atoms with Crippen LogP contribution in [0.3, 0.4) is 0 Å². The molecule has 0 heterocycles. The first-order valence-corrected chi connectivity index (χ1v) is 6.24. The Kier molecular flexibility index (Phi) is 2.95. The molecule has 17 heavy (non-hydrogen) atoms. The number of rotatable bonds is 2. The first kappa shape index (κ1) is 11.8. The van der Waals surface area contributed by atoms with Gasteiger partial charge in [-0.1, -0.05) is 24.3 Å². The van der Waals surface area contributed by atoms with Gasteiger partial charge in [0.25, 0.3) is 10.1 Å². The molecule has 0 saturated heterocycles. The van der Waals surface area contributed by atoms with Crippen molar-refractivity contribution in [2.24, 2.45) is 0 Å². The highest BCUT2D eigenvalue weighted by Gasteiger charge is 2.10. The SMILES string of the molecule is O=S(=O)(O)c1cccc(-c2cccc(F)c2)c1. The third-order valence-corrected chi connectivity index (χ3v) is 3.14. The lowest BCUT2D eigenvalue weighted by atomic mass is 10.1. The van der Waals surface area contributed by atoms with Crippen LogP contribution in [0.2, 0.25) is 0 Å². The van der Waals surface area contributed by atoms with Crippen molar-refractivity contribution in [1.82, 2.24) is 0 Å². The normalized spacial score (nSPS) is 11.4. The van der Waals surface area contributed by atoms with Crippen molar-refractivity contribution in [2.75, 3.05) is 0 Å². The Morgan fingerprint density at radius 2 is 1.53 bits per heavy atom. The molecule has 0 aliphatic rings. The molecule has 88 valence electrons. The quantitative estimate of drug-likeness (QED) is 0.836. The van der Waals surface area contributed by atoms with E-state index >= 15 is 0 Å². The number of hydrogen-bond donors (Lipinski definition) is 1. The van der Waals surface area contributed by atoms with Gasteiger partial charge in [-0.2, -0.15) is 8.42 Å². The van der Waals surface area contributed by atoms with E-state index in [1.54, 1.807) is 12.1 Å². The van der Waals surface area contributed by atoms with E-state index < -0.39 is 15.9 Å². The Morgan fingerprint density at radius 3 is 2.12 bits per heavy atom. The first-order valence-electron chi connectivity index (χ1n) is 4.80. The molecule has 0 bridgehead atoms. The van der Waals surface area contributed by atoms with Crippen LogP contribution in [0, 0.1) is 5.82 Å². The molecule has 0 fully saturated rings. The van der Waals surface area contributed by atoms with Crippen LogP contribution in [0.1, 0.15) is 0 Å². The predicted molar refractivity (Wildman–Crippen MR) is 61.7 cm³/mol. The predicted octanol–water partition coefficient (Wildman–Crippen LogP) is 2.74. The van der Waals surface area contributed by atoms with Gasteiger partial charge in [0.05, 0.1) is 4.90 Å². The lowest BCUT2D eigenvalue weighted by molar-refractivity contribution is 0.483. The van der Waals surface area contributed by atoms with E-state index in [-0.39, 0.29) is 4.90 Å². The van der Waals surface area contributed by atoms with Crippen LogP contribution >= 0.6 is 0 Å². The molecule has 0 amide bonds. The highest BCUT2D eigenvalue weighted by atomic mass is 32.2. The lowest BCUT2D eigenvalue weighted by Gasteiger charge is -2.03. The van der Waals surface area contributed by atoms with Crippen LogP contribution in [-0.4, -0.2) is 13.0 Å². The Labute approximate surface area is 98.3 Å². The van der Waals surface area contributed by atoms with E-state index in [0.29, 0.717) is 11.1 Å². The van der Waals surface area contributed by atoms with Gasteiger partial charge >= 0.3 is 0 Å². The molecule has 0 radical (unpaired) electrons. The zero-order valence-electron chi connectivity index (χ0n) is 8.67.